The van der Waals surface area contributed by atoms with E-state index in [1.54, 1.807) is 25.3 Å². The molecule has 0 fully saturated rings. The molecule has 0 bridgehead atoms. The van der Waals surface area contributed by atoms with E-state index in [-0.39, 0.29) is 11.7 Å². The number of nitrogens with zero attached hydrogens (tertiary/aromatic N) is 2. The van der Waals surface area contributed by atoms with E-state index in [9.17, 15) is 9.59 Å². The van der Waals surface area contributed by atoms with Crippen LogP contribution in [0, 0.1) is 0 Å². The fraction of sp³-hybridized carbons (Fsp3) is 0.194. The number of esters is 1. The number of ether oxygens (including phenoxy) is 2. The topological polar surface area (TPSA) is 69.9 Å². The summed E-state index contributed by atoms with van der Waals surface area (Å²) >= 11 is 7.25. The molecule has 1 unspecified atom stereocenters. The largest absolute Gasteiger partial charge is 0.489 e. The normalized spacial score (nSPS) is 15.2. The number of rotatable bonds is 7. The van der Waals surface area contributed by atoms with Gasteiger partial charge >= 0.3 is 5.97 Å². The van der Waals surface area contributed by atoms with E-state index in [2.05, 4.69) is 4.99 Å². The predicted molar refractivity (Wildman–Crippen MR) is 154 cm³/mol. The quantitative estimate of drug-likeness (QED) is 0.284. The molecule has 1 aliphatic rings. The van der Waals surface area contributed by atoms with Crippen molar-refractivity contribution in [3.63, 3.8) is 0 Å². The molecule has 0 aliphatic carbocycles. The first-order chi connectivity index (χ1) is 18.8. The Hall–Kier alpha value is -3.94. The van der Waals surface area contributed by atoms with E-state index in [4.69, 9.17) is 21.1 Å². The molecule has 198 valence electrons. The first kappa shape index (κ1) is 26.7. The molecule has 1 atom stereocenters. The minimum Gasteiger partial charge on any atom is -0.489 e. The van der Waals surface area contributed by atoms with Gasteiger partial charge in [0.1, 0.15) is 12.4 Å². The van der Waals surface area contributed by atoms with E-state index in [1.165, 1.54) is 11.3 Å². The molecular formula is C31H27ClN2O4S. The SMILES string of the molecule is CC1=C(C(=O)OC(C)C)C(c2ccccc2)n2c(sc(=Cc3ccc(OCc4ccc(Cl)cc4)cc3)c2=O)=N1. The highest BCUT2D eigenvalue weighted by Gasteiger charge is 2.33. The monoisotopic (exact) mass is 558 g/mol. The van der Waals surface area contributed by atoms with Gasteiger partial charge in [-0.15, -0.1) is 0 Å². The summed E-state index contributed by atoms with van der Waals surface area (Å²) in [5.74, 6) is 0.250. The van der Waals surface area contributed by atoms with Gasteiger partial charge in [-0.3, -0.25) is 9.36 Å². The second-order valence-electron chi connectivity index (χ2n) is 9.43. The molecule has 2 heterocycles. The van der Waals surface area contributed by atoms with Crippen LogP contribution in [0.1, 0.15) is 43.5 Å². The molecular weight excluding hydrogens is 532 g/mol. The lowest BCUT2D eigenvalue weighted by molar-refractivity contribution is -0.143. The summed E-state index contributed by atoms with van der Waals surface area (Å²) in [6, 6.07) is 23.9. The summed E-state index contributed by atoms with van der Waals surface area (Å²) in [6.45, 7) is 5.81. The molecule has 6 nitrogen and oxygen atoms in total. The van der Waals surface area contributed by atoms with Crippen LogP contribution in [0.2, 0.25) is 5.02 Å². The number of benzene rings is 3. The predicted octanol–water partition coefficient (Wildman–Crippen LogP) is 5.42. The molecule has 0 saturated heterocycles. The number of allylic oxidation sites excluding steroid dienone is 1. The van der Waals surface area contributed by atoms with Crippen LogP contribution in [0.25, 0.3) is 6.08 Å². The molecule has 8 heteroatoms. The average molecular weight is 559 g/mol. The molecule has 0 amide bonds. The molecule has 3 aromatic carbocycles. The summed E-state index contributed by atoms with van der Waals surface area (Å²) < 4.78 is 13.5. The maximum atomic E-state index is 13.7. The Kier molecular flexibility index (Phi) is 7.82. The van der Waals surface area contributed by atoms with Gasteiger partial charge in [0.15, 0.2) is 4.80 Å². The Balaban J connectivity index is 1.48. The van der Waals surface area contributed by atoms with Crippen LogP contribution >= 0.6 is 22.9 Å². The summed E-state index contributed by atoms with van der Waals surface area (Å²) in [7, 11) is 0. The lowest BCUT2D eigenvalue weighted by Gasteiger charge is -2.25. The Bertz CT molecular complexity index is 1700. The van der Waals surface area contributed by atoms with Gasteiger partial charge in [-0.2, -0.15) is 0 Å². The maximum absolute atomic E-state index is 13.7. The summed E-state index contributed by atoms with van der Waals surface area (Å²) in [5, 5.41) is 0.686. The number of hydrogen-bond acceptors (Lipinski definition) is 6. The van der Waals surface area contributed by atoms with E-state index in [1.807, 2.05) is 84.9 Å². The zero-order chi connectivity index (χ0) is 27.5. The molecule has 0 saturated carbocycles. The second-order valence-corrected chi connectivity index (χ2v) is 10.9. The Morgan fingerprint density at radius 2 is 1.74 bits per heavy atom. The van der Waals surface area contributed by atoms with Crippen LogP contribution in [-0.4, -0.2) is 16.6 Å². The minimum absolute atomic E-state index is 0.210. The van der Waals surface area contributed by atoms with Crippen molar-refractivity contribution in [2.75, 3.05) is 0 Å². The van der Waals surface area contributed by atoms with E-state index in [0.717, 1.165) is 22.4 Å². The number of fused-ring (bicyclic) bond motifs is 1. The molecule has 39 heavy (non-hydrogen) atoms. The first-order valence-corrected chi connectivity index (χ1v) is 13.8. The van der Waals surface area contributed by atoms with Crippen molar-refractivity contribution in [1.82, 2.24) is 4.57 Å². The van der Waals surface area contributed by atoms with E-state index in [0.29, 0.717) is 32.2 Å². The van der Waals surface area contributed by atoms with Gasteiger partial charge in [0.2, 0.25) is 0 Å². The third kappa shape index (κ3) is 5.90. The molecule has 0 N–H and O–H groups in total. The highest BCUT2D eigenvalue weighted by Crippen LogP contribution is 2.30. The van der Waals surface area contributed by atoms with Crippen molar-refractivity contribution >= 4 is 35.0 Å². The molecule has 1 aromatic heterocycles. The van der Waals surface area contributed by atoms with Crippen LogP contribution in [0.15, 0.2) is 99.9 Å². The molecule has 4 aromatic rings. The van der Waals surface area contributed by atoms with Gasteiger partial charge in [-0.25, -0.2) is 9.79 Å². The lowest BCUT2D eigenvalue weighted by atomic mass is 9.96. The molecule has 0 radical (unpaired) electrons. The average Bonchev–Trinajstić information content (AvgIpc) is 3.22. The minimum atomic E-state index is -0.625. The number of carbonyl (C=O) groups is 1. The molecule has 0 spiro atoms. The number of aromatic nitrogens is 1. The highest BCUT2D eigenvalue weighted by atomic mass is 35.5. The third-order valence-electron chi connectivity index (χ3n) is 6.20. The first-order valence-electron chi connectivity index (χ1n) is 12.6. The van der Waals surface area contributed by atoms with Gasteiger partial charge in [-0.05, 0) is 67.8 Å². The number of carbonyl (C=O) groups excluding carboxylic acids is 1. The fourth-order valence-corrected chi connectivity index (χ4v) is 5.54. The van der Waals surface area contributed by atoms with Crippen LogP contribution in [0.4, 0.5) is 0 Å². The van der Waals surface area contributed by atoms with Crippen LogP contribution < -0.4 is 19.6 Å². The second kappa shape index (κ2) is 11.4. The third-order valence-corrected chi connectivity index (χ3v) is 7.43. The van der Waals surface area contributed by atoms with Crippen molar-refractivity contribution in [2.45, 2.75) is 39.5 Å². The summed E-state index contributed by atoms with van der Waals surface area (Å²) in [4.78, 5) is 32.0. The zero-order valence-corrected chi connectivity index (χ0v) is 23.3. The highest BCUT2D eigenvalue weighted by molar-refractivity contribution is 7.07. The Labute approximate surface area is 235 Å². The van der Waals surface area contributed by atoms with Gasteiger partial charge in [0, 0.05) is 5.02 Å². The van der Waals surface area contributed by atoms with Gasteiger partial charge in [0.05, 0.1) is 27.9 Å². The summed E-state index contributed by atoms with van der Waals surface area (Å²) in [5.41, 5.74) is 3.39. The number of hydrogen-bond donors (Lipinski definition) is 0. The van der Waals surface area contributed by atoms with Crippen LogP contribution in [0.5, 0.6) is 5.75 Å². The van der Waals surface area contributed by atoms with Gasteiger partial charge in [-0.1, -0.05) is 77.5 Å². The Morgan fingerprint density at radius 3 is 2.41 bits per heavy atom. The van der Waals surface area contributed by atoms with Crippen molar-refractivity contribution in [1.29, 1.82) is 0 Å². The number of thiazole rings is 1. The zero-order valence-electron chi connectivity index (χ0n) is 21.8. The standard InChI is InChI=1S/C31H27ClN2O4S/c1-19(2)38-30(36)27-20(3)33-31-34(28(27)23-7-5-4-6-8-23)29(35)26(39-31)17-21-11-15-25(16-12-21)37-18-22-9-13-24(32)14-10-22/h4-17,19,28H,18H2,1-3H3. The molecule has 1 aliphatic heterocycles. The van der Waals surface area contributed by atoms with Gasteiger partial charge < -0.3 is 9.47 Å². The van der Waals surface area contributed by atoms with Gasteiger partial charge in [0.25, 0.3) is 5.56 Å². The van der Waals surface area contributed by atoms with Crippen molar-refractivity contribution in [2.24, 2.45) is 4.99 Å². The van der Waals surface area contributed by atoms with E-state index >= 15 is 0 Å². The van der Waals surface area contributed by atoms with Crippen molar-refractivity contribution in [3.8, 4) is 5.75 Å². The van der Waals surface area contributed by atoms with Crippen molar-refractivity contribution < 1.29 is 14.3 Å². The maximum Gasteiger partial charge on any atom is 0.338 e. The van der Waals surface area contributed by atoms with Crippen LogP contribution in [-0.2, 0) is 16.1 Å². The lowest BCUT2D eigenvalue weighted by Crippen LogP contribution is -2.40. The fourth-order valence-electron chi connectivity index (χ4n) is 4.37. The molecule has 5 rings (SSSR count). The van der Waals surface area contributed by atoms with Crippen LogP contribution in [0.3, 0.4) is 0 Å². The number of halogens is 1. The smallest absolute Gasteiger partial charge is 0.338 e. The van der Waals surface area contributed by atoms with E-state index < -0.39 is 12.0 Å². The summed E-state index contributed by atoms with van der Waals surface area (Å²) in [6.07, 6.45) is 1.54. The Morgan fingerprint density at radius 1 is 1.05 bits per heavy atom. The van der Waals surface area contributed by atoms with Crippen molar-refractivity contribution in [3.05, 3.63) is 132 Å².